The second-order valence-electron chi connectivity index (χ2n) is 1.12. The van der Waals surface area contributed by atoms with Gasteiger partial charge in [-0.3, -0.25) is 0 Å². The van der Waals surface area contributed by atoms with Gasteiger partial charge in [-0.1, -0.05) is 42.2 Å². The molecule has 0 aliphatic heterocycles. The molecule has 0 spiro atoms. The van der Waals surface area contributed by atoms with Crippen molar-refractivity contribution in [1.29, 1.82) is 0 Å². The largest absolute Gasteiger partial charge is 0.0781 e. The molecule has 0 rings (SSSR count). The van der Waals surface area contributed by atoms with Gasteiger partial charge >= 0.3 is 0 Å². The van der Waals surface area contributed by atoms with E-state index in [9.17, 15) is 0 Å². The maximum absolute atomic E-state index is 5.15. The fraction of sp³-hybridized carbons (Fsp3) is 0.600. The van der Waals surface area contributed by atoms with Crippen LogP contribution in [0.3, 0.4) is 0 Å². The first-order chi connectivity index (χ1) is 2.81. The second-order valence-corrected chi connectivity index (χ2v) is 2.72. The van der Waals surface area contributed by atoms with Crippen molar-refractivity contribution in [1.82, 2.24) is 0 Å². The lowest BCUT2D eigenvalue weighted by Crippen LogP contribution is -1.83. The normalized spacial score (nSPS) is 13.7. The maximum Gasteiger partial charge on any atom is 0.0289 e. The van der Waals surface area contributed by atoms with Gasteiger partial charge in [0.1, 0.15) is 0 Å². The summed E-state index contributed by atoms with van der Waals surface area (Å²) >= 11 is 2.29. The van der Waals surface area contributed by atoms with Crippen molar-refractivity contribution in [2.24, 2.45) is 0 Å². The predicted octanol–water partition coefficient (Wildman–Crippen LogP) is 2.19. The van der Waals surface area contributed by atoms with E-state index in [4.69, 9.17) is 6.58 Å². The molecule has 0 aliphatic carbocycles. The Kier molecular flexibility index (Phi) is 3.94. The molecule has 0 saturated heterocycles. The molecule has 1 radical (unpaired) electrons. The molecule has 0 aliphatic rings. The highest BCUT2D eigenvalue weighted by Crippen LogP contribution is 2.03. The lowest BCUT2D eigenvalue weighted by atomic mass is 10.3. The van der Waals surface area contributed by atoms with Crippen molar-refractivity contribution >= 4 is 22.6 Å². The zero-order valence-corrected chi connectivity index (χ0v) is 5.97. The van der Waals surface area contributed by atoms with Gasteiger partial charge in [-0.2, -0.15) is 0 Å². The molecule has 1 atom stereocenters. The first-order valence-electron chi connectivity index (χ1n) is 2.00. The van der Waals surface area contributed by atoms with E-state index < -0.39 is 0 Å². The number of alkyl halides is 1. The molecule has 0 amide bonds. The molecular formula is C5H8I. The number of rotatable bonds is 2. The molecule has 1 unspecified atom stereocenters. The van der Waals surface area contributed by atoms with E-state index in [1.807, 2.05) is 0 Å². The smallest absolute Gasteiger partial charge is 0.0289 e. The van der Waals surface area contributed by atoms with Crippen LogP contribution >= 0.6 is 22.6 Å². The van der Waals surface area contributed by atoms with Crippen LogP contribution in [0.15, 0.2) is 6.08 Å². The Morgan fingerprint density at radius 2 is 2.50 bits per heavy atom. The third-order valence-electron chi connectivity index (χ3n) is 0.599. The average Bonchev–Trinajstić information content (AvgIpc) is 1.65. The van der Waals surface area contributed by atoms with Crippen molar-refractivity contribution in [3.63, 3.8) is 0 Å². The van der Waals surface area contributed by atoms with Gasteiger partial charge < -0.3 is 0 Å². The molecule has 1 heteroatoms. The van der Waals surface area contributed by atoms with Crippen LogP contribution in [0.4, 0.5) is 0 Å². The average molecular weight is 195 g/mol. The van der Waals surface area contributed by atoms with Crippen LogP contribution in [0.5, 0.6) is 0 Å². The Bertz CT molecular complexity index is 41.2. The second kappa shape index (κ2) is 3.65. The van der Waals surface area contributed by atoms with Crippen LogP contribution in [0.25, 0.3) is 0 Å². The third-order valence-corrected chi connectivity index (χ3v) is 1.89. The highest BCUT2D eigenvalue weighted by molar-refractivity contribution is 14.1. The molecule has 0 bridgehead atoms. The van der Waals surface area contributed by atoms with Crippen molar-refractivity contribution < 1.29 is 0 Å². The Morgan fingerprint density at radius 3 is 2.50 bits per heavy atom. The Hall–Kier alpha value is 0.470. The van der Waals surface area contributed by atoms with Gasteiger partial charge in [0.25, 0.3) is 0 Å². The summed E-state index contributed by atoms with van der Waals surface area (Å²) < 4.78 is 0.558. The topological polar surface area (TPSA) is 0 Å². The van der Waals surface area contributed by atoms with Gasteiger partial charge in [-0.05, 0) is 6.42 Å². The van der Waals surface area contributed by atoms with Crippen LogP contribution in [-0.4, -0.2) is 3.92 Å². The number of allylic oxidation sites excluding steroid dienone is 1. The maximum atomic E-state index is 5.15. The van der Waals surface area contributed by atoms with E-state index in [1.54, 1.807) is 6.08 Å². The minimum absolute atomic E-state index is 0.558. The zero-order valence-electron chi connectivity index (χ0n) is 3.82. The summed E-state index contributed by atoms with van der Waals surface area (Å²) in [5.41, 5.74) is 0. The lowest BCUT2D eigenvalue weighted by Gasteiger charge is -1.91. The first kappa shape index (κ1) is 6.47. The molecule has 6 heavy (non-hydrogen) atoms. The van der Waals surface area contributed by atoms with Crippen LogP contribution in [0, 0.1) is 6.58 Å². The van der Waals surface area contributed by atoms with Gasteiger partial charge in [-0.15, -0.1) is 0 Å². The Balaban J connectivity index is 2.96. The predicted molar refractivity (Wildman–Crippen MR) is 37.0 cm³/mol. The van der Waals surface area contributed by atoms with E-state index in [1.165, 1.54) is 0 Å². The summed E-state index contributed by atoms with van der Waals surface area (Å²) in [5.74, 6) is 0. The van der Waals surface area contributed by atoms with Gasteiger partial charge in [-0.25, -0.2) is 0 Å². The third kappa shape index (κ3) is 2.69. The van der Waals surface area contributed by atoms with Crippen molar-refractivity contribution in [2.75, 3.05) is 0 Å². The molecule has 0 nitrogen and oxygen atoms in total. The summed E-state index contributed by atoms with van der Waals surface area (Å²) in [6.07, 6.45) is 2.84. The van der Waals surface area contributed by atoms with Crippen molar-refractivity contribution in [3.05, 3.63) is 12.7 Å². The summed E-state index contributed by atoms with van der Waals surface area (Å²) in [4.78, 5) is 0. The monoisotopic (exact) mass is 195 g/mol. The molecule has 0 aromatic heterocycles. The van der Waals surface area contributed by atoms with E-state index in [2.05, 4.69) is 29.5 Å². The van der Waals surface area contributed by atoms with E-state index in [0.717, 1.165) is 6.42 Å². The van der Waals surface area contributed by atoms with Crippen LogP contribution in [-0.2, 0) is 0 Å². The van der Waals surface area contributed by atoms with Gasteiger partial charge in [0, 0.05) is 3.92 Å². The molecule has 0 aromatic rings. The number of hydrogen-bond donors (Lipinski definition) is 0. The van der Waals surface area contributed by atoms with Crippen molar-refractivity contribution in [3.8, 4) is 0 Å². The summed E-state index contributed by atoms with van der Waals surface area (Å²) in [6, 6.07) is 0. The van der Waals surface area contributed by atoms with Gasteiger partial charge in [0.05, 0.1) is 0 Å². The van der Waals surface area contributed by atoms with E-state index in [0.29, 0.717) is 3.92 Å². The number of halogens is 1. The molecule has 0 fully saturated rings. The standard InChI is InChI=1S/C5H8I/c1-3-5(6)4-2/h1,3,5H,4H2,2H3. The number of hydrogen-bond acceptors (Lipinski definition) is 0. The minimum atomic E-state index is 0.558. The minimum Gasteiger partial charge on any atom is -0.0781 e. The van der Waals surface area contributed by atoms with Gasteiger partial charge in [0.2, 0.25) is 0 Å². The summed E-state index contributed by atoms with van der Waals surface area (Å²) in [5, 5.41) is 0. The van der Waals surface area contributed by atoms with Gasteiger partial charge in [0.15, 0.2) is 0 Å². The molecular weight excluding hydrogens is 187 g/mol. The quantitative estimate of drug-likeness (QED) is 0.468. The van der Waals surface area contributed by atoms with Crippen LogP contribution < -0.4 is 0 Å². The first-order valence-corrected chi connectivity index (χ1v) is 3.25. The highest BCUT2D eigenvalue weighted by Gasteiger charge is 1.87. The highest BCUT2D eigenvalue weighted by atomic mass is 127. The molecule has 35 valence electrons. The molecule has 0 heterocycles. The lowest BCUT2D eigenvalue weighted by molar-refractivity contribution is 1.01. The fourth-order valence-corrected chi connectivity index (χ4v) is 0.136. The van der Waals surface area contributed by atoms with Crippen LogP contribution in [0.2, 0.25) is 0 Å². The van der Waals surface area contributed by atoms with Crippen LogP contribution in [0.1, 0.15) is 13.3 Å². The fourth-order valence-electron chi connectivity index (χ4n) is 0.136. The Labute approximate surface area is 52.8 Å². The SMILES string of the molecule is [CH]=CC(I)CC. The molecule has 0 aromatic carbocycles. The summed E-state index contributed by atoms with van der Waals surface area (Å²) in [6.45, 7) is 7.26. The molecule has 0 N–H and O–H groups in total. The summed E-state index contributed by atoms with van der Waals surface area (Å²) in [7, 11) is 0. The zero-order chi connectivity index (χ0) is 4.99. The molecule has 0 saturated carbocycles. The van der Waals surface area contributed by atoms with E-state index in [-0.39, 0.29) is 0 Å². The van der Waals surface area contributed by atoms with Crippen molar-refractivity contribution in [2.45, 2.75) is 17.3 Å². The van der Waals surface area contributed by atoms with E-state index >= 15 is 0 Å². The Morgan fingerprint density at radius 1 is 2.00 bits per heavy atom.